The molecule has 16 heavy (non-hydrogen) atoms. The fourth-order valence-electron chi connectivity index (χ4n) is 2.17. The summed E-state index contributed by atoms with van der Waals surface area (Å²) in [5.74, 6) is 2.25. The summed E-state index contributed by atoms with van der Waals surface area (Å²) in [6.07, 6.45) is 5.90. The fraction of sp³-hybridized carbons (Fsp3) is 0.538. The molecule has 0 bridgehead atoms. The van der Waals surface area contributed by atoms with Gasteiger partial charge in [0.25, 0.3) is 0 Å². The lowest BCUT2D eigenvalue weighted by Crippen LogP contribution is -2.26. The molecule has 0 aliphatic heterocycles. The van der Waals surface area contributed by atoms with Crippen molar-refractivity contribution < 1.29 is 0 Å². The molecule has 1 unspecified atom stereocenters. The van der Waals surface area contributed by atoms with Crippen LogP contribution in [0.4, 0.5) is 0 Å². The number of aryl methyl sites for hydroxylation is 1. The third-order valence-electron chi connectivity index (χ3n) is 2.92. The van der Waals surface area contributed by atoms with Crippen LogP contribution in [0.3, 0.4) is 0 Å². The van der Waals surface area contributed by atoms with Gasteiger partial charge in [-0.1, -0.05) is 6.08 Å². The highest BCUT2D eigenvalue weighted by molar-refractivity contribution is 7.99. The molecule has 1 atom stereocenters. The highest BCUT2D eigenvalue weighted by atomic mass is 32.2. The fourth-order valence-corrected chi connectivity index (χ4v) is 3.75. The van der Waals surface area contributed by atoms with Gasteiger partial charge in [-0.2, -0.15) is 11.8 Å². The largest absolute Gasteiger partial charge is 0.309 e. The average Bonchev–Trinajstić information content (AvgIpc) is 2.77. The van der Waals surface area contributed by atoms with Gasteiger partial charge >= 0.3 is 0 Å². The van der Waals surface area contributed by atoms with Crippen molar-refractivity contribution in [2.75, 3.05) is 18.1 Å². The van der Waals surface area contributed by atoms with Crippen molar-refractivity contribution in [2.45, 2.75) is 25.3 Å². The maximum atomic E-state index is 3.73. The van der Waals surface area contributed by atoms with Crippen LogP contribution in [-0.4, -0.2) is 18.1 Å². The summed E-state index contributed by atoms with van der Waals surface area (Å²) in [5.41, 5.74) is 1.56. The summed E-state index contributed by atoms with van der Waals surface area (Å²) >= 11 is 3.87. The van der Waals surface area contributed by atoms with Crippen molar-refractivity contribution in [3.05, 3.63) is 34.5 Å². The van der Waals surface area contributed by atoms with Gasteiger partial charge in [0.15, 0.2) is 0 Å². The van der Waals surface area contributed by atoms with Gasteiger partial charge in [0.1, 0.15) is 0 Å². The minimum atomic E-state index is 0.610. The Kier molecular flexibility index (Phi) is 4.94. The number of hydrogen-bond donors (Lipinski definition) is 1. The van der Waals surface area contributed by atoms with Crippen LogP contribution in [0, 0.1) is 0 Å². The second kappa shape index (κ2) is 6.48. The average molecular weight is 253 g/mol. The second-order valence-electron chi connectivity index (χ2n) is 4.06. The minimum absolute atomic E-state index is 0.610. The molecule has 1 nitrogen and oxygen atoms in total. The highest BCUT2D eigenvalue weighted by Gasteiger charge is 2.19. The molecule has 1 aliphatic rings. The Hall–Kier alpha value is -0.250. The van der Waals surface area contributed by atoms with Crippen LogP contribution in [0.15, 0.2) is 24.1 Å². The zero-order valence-corrected chi connectivity index (χ0v) is 11.2. The summed E-state index contributed by atoms with van der Waals surface area (Å²) in [4.78, 5) is 1.60. The third kappa shape index (κ3) is 3.12. The van der Waals surface area contributed by atoms with Crippen LogP contribution >= 0.6 is 23.1 Å². The number of nitrogens with one attached hydrogen (secondary N) is 1. The Balaban J connectivity index is 1.77. The van der Waals surface area contributed by atoms with Gasteiger partial charge in [-0.05, 0) is 36.3 Å². The van der Waals surface area contributed by atoms with E-state index in [1.165, 1.54) is 25.0 Å². The molecule has 1 N–H and O–H groups in total. The number of rotatable bonds is 6. The van der Waals surface area contributed by atoms with E-state index in [9.17, 15) is 0 Å². The molecule has 1 aromatic heterocycles. The summed E-state index contributed by atoms with van der Waals surface area (Å²) in [5, 5.41) is 5.91. The van der Waals surface area contributed by atoms with Gasteiger partial charge in [0, 0.05) is 29.0 Å². The van der Waals surface area contributed by atoms with E-state index in [2.05, 4.69) is 23.3 Å². The third-order valence-corrected chi connectivity index (χ3v) is 4.89. The summed E-state index contributed by atoms with van der Waals surface area (Å²) < 4.78 is 0. The van der Waals surface area contributed by atoms with E-state index in [1.54, 1.807) is 10.4 Å². The molecule has 0 saturated heterocycles. The molecular formula is C13H19NS2. The maximum absolute atomic E-state index is 3.73. The number of fused-ring (bicyclic) bond motifs is 1. The van der Waals surface area contributed by atoms with Crippen LogP contribution in [0.25, 0.3) is 0 Å². The first-order valence-corrected chi connectivity index (χ1v) is 7.93. The first kappa shape index (κ1) is 12.2. The van der Waals surface area contributed by atoms with Gasteiger partial charge < -0.3 is 5.32 Å². The predicted octanol–water partition coefficient (Wildman–Crippen LogP) is 3.63. The van der Waals surface area contributed by atoms with Gasteiger partial charge in [-0.25, -0.2) is 0 Å². The van der Waals surface area contributed by atoms with Crippen molar-refractivity contribution in [3.63, 3.8) is 0 Å². The minimum Gasteiger partial charge on any atom is -0.309 e. The van der Waals surface area contributed by atoms with Crippen molar-refractivity contribution in [3.8, 4) is 0 Å². The van der Waals surface area contributed by atoms with Crippen molar-refractivity contribution in [2.24, 2.45) is 0 Å². The lowest BCUT2D eigenvalue weighted by molar-refractivity contribution is 0.478. The van der Waals surface area contributed by atoms with E-state index in [1.807, 2.05) is 29.2 Å². The molecule has 0 radical (unpaired) electrons. The molecule has 1 heterocycles. The van der Waals surface area contributed by atoms with Gasteiger partial charge in [-0.3, -0.25) is 0 Å². The van der Waals surface area contributed by atoms with E-state index >= 15 is 0 Å². The second-order valence-corrected chi connectivity index (χ2v) is 6.21. The van der Waals surface area contributed by atoms with E-state index in [0.717, 1.165) is 12.3 Å². The van der Waals surface area contributed by atoms with Gasteiger partial charge in [0.2, 0.25) is 0 Å². The molecule has 0 spiro atoms. The van der Waals surface area contributed by atoms with Crippen LogP contribution in [-0.2, 0) is 6.42 Å². The van der Waals surface area contributed by atoms with E-state index in [0.29, 0.717) is 6.04 Å². The summed E-state index contributed by atoms with van der Waals surface area (Å²) in [6, 6.07) is 2.91. The number of hydrogen-bond acceptors (Lipinski definition) is 3. The Labute approximate surface area is 106 Å². The van der Waals surface area contributed by atoms with E-state index < -0.39 is 0 Å². The maximum Gasteiger partial charge on any atom is 0.0331 e. The Bertz CT molecular complexity index is 332. The van der Waals surface area contributed by atoms with Gasteiger partial charge in [0.05, 0.1) is 0 Å². The van der Waals surface area contributed by atoms with Gasteiger partial charge in [-0.15, -0.1) is 17.9 Å². The molecule has 0 aromatic carbocycles. The van der Waals surface area contributed by atoms with Crippen molar-refractivity contribution in [1.82, 2.24) is 5.32 Å². The van der Waals surface area contributed by atoms with Crippen LogP contribution in [0.5, 0.6) is 0 Å². The molecule has 1 aliphatic carbocycles. The first-order valence-electron chi connectivity index (χ1n) is 5.90. The van der Waals surface area contributed by atoms with Crippen LogP contribution < -0.4 is 5.32 Å². The molecule has 3 heteroatoms. The van der Waals surface area contributed by atoms with E-state index in [-0.39, 0.29) is 0 Å². The number of thioether (sulfide) groups is 1. The normalized spacial score (nSPS) is 19.4. The SMILES string of the molecule is C=CCSCCNC1CCCc2sccc21. The standard InChI is InChI=1S/C13H19NS2/c1-2-8-15-10-7-14-12-4-3-5-13-11(12)6-9-16-13/h2,6,9,12,14H,1,3-5,7-8,10H2. The number of thiophene rings is 1. The Morgan fingerprint density at radius 3 is 3.44 bits per heavy atom. The quantitative estimate of drug-likeness (QED) is 0.614. The molecule has 0 amide bonds. The first-order chi connectivity index (χ1) is 7.92. The van der Waals surface area contributed by atoms with Crippen LogP contribution in [0.1, 0.15) is 29.3 Å². The summed E-state index contributed by atoms with van der Waals surface area (Å²) in [6.45, 7) is 4.84. The monoisotopic (exact) mass is 253 g/mol. The Morgan fingerprint density at radius 2 is 2.56 bits per heavy atom. The summed E-state index contributed by atoms with van der Waals surface area (Å²) in [7, 11) is 0. The smallest absolute Gasteiger partial charge is 0.0331 e. The molecular weight excluding hydrogens is 234 g/mol. The molecule has 88 valence electrons. The van der Waals surface area contributed by atoms with Crippen molar-refractivity contribution >= 4 is 23.1 Å². The molecule has 1 aromatic rings. The zero-order valence-electron chi connectivity index (χ0n) is 9.58. The Morgan fingerprint density at radius 1 is 1.62 bits per heavy atom. The zero-order chi connectivity index (χ0) is 11.2. The molecule has 0 fully saturated rings. The molecule has 2 rings (SSSR count). The lowest BCUT2D eigenvalue weighted by Gasteiger charge is -2.23. The van der Waals surface area contributed by atoms with Crippen molar-refractivity contribution in [1.29, 1.82) is 0 Å². The van der Waals surface area contributed by atoms with E-state index in [4.69, 9.17) is 0 Å². The lowest BCUT2D eigenvalue weighted by atomic mass is 9.94. The molecule has 0 saturated carbocycles. The highest BCUT2D eigenvalue weighted by Crippen LogP contribution is 2.33. The predicted molar refractivity (Wildman–Crippen MR) is 75.5 cm³/mol. The van der Waals surface area contributed by atoms with Crippen LogP contribution in [0.2, 0.25) is 0 Å². The topological polar surface area (TPSA) is 12.0 Å².